The van der Waals surface area contributed by atoms with Gasteiger partial charge in [0.05, 0.1) is 12.6 Å². The highest BCUT2D eigenvalue weighted by atomic mass is 16.5. The van der Waals surface area contributed by atoms with Crippen molar-refractivity contribution in [3.8, 4) is 23.0 Å². The molecule has 3 aromatic carbocycles. The number of nitrogens with zero attached hydrogens (tertiary/aromatic N) is 1. The van der Waals surface area contributed by atoms with E-state index in [0.717, 1.165) is 0 Å². The number of hydrogen-bond donors (Lipinski definition) is 2. The molecule has 0 saturated heterocycles. The molecule has 0 unspecified atom stereocenters. The van der Waals surface area contributed by atoms with Gasteiger partial charge in [0.15, 0.2) is 11.5 Å². The molecular weight excluding hydrogens is 368 g/mol. The molecule has 1 aromatic heterocycles. The van der Waals surface area contributed by atoms with Gasteiger partial charge in [-0.1, -0.05) is 18.2 Å². The van der Waals surface area contributed by atoms with Crippen molar-refractivity contribution < 1.29 is 19.4 Å². The molecule has 29 heavy (non-hydrogen) atoms. The van der Waals surface area contributed by atoms with E-state index in [9.17, 15) is 9.90 Å². The van der Waals surface area contributed by atoms with Crippen molar-refractivity contribution in [1.82, 2.24) is 4.98 Å². The van der Waals surface area contributed by atoms with Crippen LogP contribution in [-0.2, 0) is 0 Å². The summed E-state index contributed by atoms with van der Waals surface area (Å²) in [5, 5.41) is 13.6. The Kier molecular flexibility index (Phi) is 4.99. The van der Waals surface area contributed by atoms with Gasteiger partial charge in [0.1, 0.15) is 11.5 Å². The van der Waals surface area contributed by atoms with E-state index in [4.69, 9.17) is 9.47 Å². The van der Waals surface area contributed by atoms with Gasteiger partial charge in [-0.25, -0.2) is 0 Å². The minimum Gasteiger partial charge on any atom is -0.504 e. The summed E-state index contributed by atoms with van der Waals surface area (Å²) in [5.41, 5.74) is 1.89. The summed E-state index contributed by atoms with van der Waals surface area (Å²) in [6.07, 6.45) is 1.63. The largest absolute Gasteiger partial charge is 0.504 e. The second kappa shape index (κ2) is 7.90. The van der Waals surface area contributed by atoms with Crippen LogP contribution in [0.4, 0.5) is 5.69 Å². The highest BCUT2D eigenvalue weighted by Gasteiger charge is 2.10. The first-order valence-corrected chi connectivity index (χ1v) is 8.94. The Labute approximate surface area is 167 Å². The van der Waals surface area contributed by atoms with Gasteiger partial charge in [-0.2, -0.15) is 0 Å². The molecule has 6 nitrogen and oxygen atoms in total. The maximum atomic E-state index is 12.2. The van der Waals surface area contributed by atoms with Crippen molar-refractivity contribution in [2.75, 3.05) is 12.4 Å². The maximum absolute atomic E-state index is 12.2. The molecular formula is C23H18N2O4. The number of phenolic OH excluding ortho intramolecular Hbond substituents is 1. The molecule has 6 heteroatoms. The molecule has 2 N–H and O–H groups in total. The van der Waals surface area contributed by atoms with E-state index in [1.807, 2.05) is 18.2 Å². The zero-order chi connectivity index (χ0) is 20.2. The summed E-state index contributed by atoms with van der Waals surface area (Å²) in [4.78, 5) is 16.5. The Balaban J connectivity index is 1.53. The monoisotopic (exact) mass is 386 g/mol. The van der Waals surface area contributed by atoms with Gasteiger partial charge in [-0.05, 0) is 48.5 Å². The highest BCUT2D eigenvalue weighted by Crippen LogP contribution is 2.36. The molecule has 0 fully saturated rings. The van der Waals surface area contributed by atoms with Gasteiger partial charge >= 0.3 is 0 Å². The van der Waals surface area contributed by atoms with Crippen LogP contribution in [0, 0.1) is 0 Å². The summed E-state index contributed by atoms with van der Waals surface area (Å²) in [5.74, 6) is 1.32. The number of carbonyl (C=O) groups is 1. The Morgan fingerprint density at radius 3 is 2.45 bits per heavy atom. The number of benzene rings is 3. The lowest BCUT2D eigenvalue weighted by Crippen LogP contribution is -2.11. The summed E-state index contributed by atoms with van der Waals surface area (Å²) >= 11 is 0. The van der Waals surface area contributed by atoms with Crippen LogP contribution in [0.2, 0.25) is 0 Å². The summed E-state index contributed by atoms with van der Waals surface area (Å²) in [6, 6.07) is 21.0. The van der Waals surface area contributed by atoms with Crippen LogP contribution in [0.5, 0.6) is 23.0 Å². The molecule has 1 heterocycles. The van der Waals surface area contributed by atoms with E-state index in [0.29, 0.717) is 39.4 Å². The zero-order valence-electron chi connectivity index (χ0n) is 15.6. The number of rotatable bonds is 5. The lowest BCUT2D eigenvalue weighted by molar-refractivity contribution is 0.102. The first kappa shape index (κ1) is 18.3. The number of phenols is 1. The summed E-state index contributed by atoms with van der Waals surface area (Å²) in [6.45, 7) is 0. The maximum Gasteiger partial charge on any atom is 0.255 e. The standard InChI is InChI=1S/C23H18N2O4/c1-28-22-14-19-18(13-20(22)26)21(11-12-24-19)29-17-9-7-16(8-10-17)25-23(27)15-5-3-2-4-6-15/h2-14,26H,1H3,(H,25,27). The van der Waals surface area contributed by atoms with E-state index in [-0.39, 0.29) is 11.7 Å². The predicted octanol–water partition coefficient (Wildman–Crippen LogP) is 4.99. The quantitative estimate of drug-likeness (QED) is 0.505. The number of nitrogens with one attached hydrogen (secondary N) is 1. The lowest BCUT2D eigenvalue weighted by Gasteiger charge is -2.11. The third-order valence-electron chi connectivity index (χ3n) is 4.38. The molecule has 0 aliphatic rings. The lowest BCUT2D eigenvalue weighted by atomic mass is 10.2. The predicted molar refractivity (Wildman–Crippen MR) is 111 cm³/mol. The SMILES string of the molecule is COc1cc2nccc(Oc3ccc(NC(=O)c4ccccc4)cc3)c2cc1O. The third kappa shape index (κ3) is 3.96. The fraction of sp³-hybridized carbons (Fsp3) is 0.0435. The second-order valence-electron chi connectivity index (χ2n) is 6.30. The van der Waals surface area contributed by atoms with Gasteiger partial charge in [0.2, 0.25) is 0 Å². The van der Waals surface area contributed by atoms with Crippen molar-refractivity contribution >= 4 is 22.5 Å². The minimum absolute atomic E-state index is 0.0109. The average molecular weight is 386 g/mol. The molecule has 0 aliphatic carbocycles. The molecule has 4 aromatic rings. The normalized spacial score (nSPS) is 10.5. The molecule has 0 atom stereocenters. The topological polar surface area (TPSA) is 80.7 Å². The number of methoxy groups -OCH3 is 1. The van der Waals surface area contributed by atoms with Crippen LogP contribution < -0.4 is 14.8 Å². The number of amides is 1. The van der Waals surface area contributed by atoms with Crippen molar-refractivity contribution in [2.45, 2.75) is 0 Å². The number of anilines is 1. The molecule has 1 amide bonds. The van der Waals surface area contributed by atoms with Crippen LogP contribution in [0.25, 0.3) is 10.9 Å². The first-order chi connectivity index (χ1) is 14.1. The van der Waals surface area contributed by atoms with Gasteiger partial charge in [0.25, 0.3) is 5.91 Å². The number of pyridine rings is 1. The Bertz CT molecular complexity index is 1160. The van der Waals surface area contributed by atoms with E-state index in [1.165, 1.54) is 7.11 Å². The van der Waals surface area contributed by atoms with E-state index in [2.05, 4.69) is 10.3 Å². The summed E-state index contributed by atoms with van der Waals surface area (Å²) in [7, 11) is 1.49. The molecule has 0 bridgehead atoms. The number of ether oxygens (including phenoxy) is 2. The zero-order valence-corrected chi connectivity index (χ0v) is 15.6. The van der Waals surface area contributed by atoms with E-state index in [1.54, 1.807) is 60.8 Å². The second-order valence-corrected chi connectivity index (χ2v) is 6.30. The van der Waals surface area contributed by atoms with Gasteiger partial charge in [-0.15, -0.1) is 0 Å². The fourth-order valence-electron chi connectivity index (χ4n) is 2.92. The van der Waals surface area contributed by atoms with Crippen molar-refractivity contribution in [3.05, 3.63) is 84.6 Å². The van der Waals surface area contributed by atoms with Gasteiger partial charge in [0, 0.05) is 28.9 Å². The number of aromatic hydroxyl groups is 1. The van der Waals surface area contributed by atoms with Crippen LogP contribution in [0.1, 0.15) is 10.4 Å². The van der Waals surface area contributed by atoms with Crippen LogP contribution >= 0.6 is 0 Å². The smallest absolute Gasteiger partial charge is 0.255 e. The van der Waals surface area contributed by atoms with Crippen LogP contribution in [0.15, 0.2) is 79.0 Å². The minimum atomic E-state index is -0.177. The molecule has 0 radical (unpaired) electrons. The number of carbonyl (C=O) groups excluding carboxylic acids is 1. The van der Waals surface area contributed by atoms with Crippen molar-refractivity contribution in [3.63, 3.8) is 0 Å². The van der Waals surface area contributed by atoms with Crippen molar-refractivity contribution in [1.29, 1.82) is 0 Å². The molecule has 0 aliphatic heterocycles. The van der Waals surface area contributed by atoms with Gasteiger partial charge < -0.3 is 19.9 Å². The molecule has 4 rings (SSSR count). The highest BCUT2D eigenvalue weighted by molar-refractivity contribution is 6.04. The Morgan fingerprint density at radius 2 is 1.72 bits per heavy atom. The molecule has 0 saturated carbocycles. The number of fused-ring (bicyclic) bond motifs is 1. The Morgan fingerprint density at radius 1 is 0.966 bits per heavy atom. The average Bonchev–Trinajstić information content (AvgIpc) is 2.75. The number of aromatic nitrogens is 1. The van der Waals surface area contributed by atoms with Crippen LogP contribution in [0.3, 0.4) is 0 Å². The van der Waals surface area contributed by atoms with Crippen LogP contribution in [-0.4, -0.2) is 23.1 Å². The van der Waals surface area contributed by atoms with Crippen molar-refractivity contribution in [2.24, 2.45) is 0 Å². The van der Waals surface area contributed by atoms with E-state index >= 15 is 0 Å². The van der Waals surface area contributed by atoms with E-state index < -0.39 is 0 Å². The molecule has 144 valence electrons. The number of hydrogen-bond acceptors (Lipinski definition) is 5. The summed E-state index contributed by atoms with van der Waals surface area (Å²) < 4.78 is 11.1. The molecule has 0 spiro atoms. The Hall–Kier alpha value is -4.06. The van der Waals surface area contributed by atoms with Gasteiger partial charge in [-0.3, -0.25) is 9.78 Å². The fourth-order valence-corrected chi connectivity index (χ4v) is 2.92. The third-order valence-corrected chi connectivity index (χ3v) is 4.38. The first-order valence-electron chi connectivity index (χ1n) is 8.94.